The Balaban J connectivity index is 1.31. The average molecular weight is 372 g/mol. The lowest BCUT2D eigenvalue weighted by Gasteiger charge is -2.26. The van der Waals surface area contributed by atoms with Crippen LogP contribution in [0.2, 0.25) is 0 Å². The average Bonchev–Trinajstić information content (AvgIpc) is 3.29. The standard InChI is InChI=1S/C21H20N6O/c1-4-14(20-26-27-21(28-20)24-15-8-22-9-15)7-17-12(1)5-6-16(17)19-11-23-10-18(25-19)13-2-3-13/h1,4,6-7,10-11,13,15,22H,2-3,5,8-9H2,(H,24,27). The van der Waals surface area contributed by atoms with Crippen molar-refractivity contribution in [3.05, 3.63) is 59.2 Å². The normalized spacial score (nSPS) is 18.5. The van der Waals surface area contributed by atoms with E-state index in [0.29, 0.717) is 23.9 Å². The maximum Gasteiger partial charge on any atom is 0.316 e. The Bertz CT molecular complexity index is 1080. The summed E-state index contributed by atoms with van der Waals surface area (Å²) in [7, 11) is 0. The second-order valence-electron chi connectivity index (χ2n) is 7.71. The zero-order chi connectivity index (χ0) is 18.5. The number of hydrogen-bond acceptors (Lipinski definition) is 7. The van der Waals surface area contributed by atoms with Gasteiger partial charge < -0.3 is 15.1 Å². The molecule has 2 fully saturated rings. The van der Waals surface area contributed by atoms with Gasteiger partial charge >= 0.3 is 6.01 Å². The van der Waals surface area contributed by atoms with Gasteiger partial charge in [0.2, 0.25) is 5.89 Å². The summed E-state index contributed by atoms with van der Waals surface area (Å²) < 4.78 is 5.83. The van der Waals surface area contributed by atoms with Gasteiger partial charge in [-0.1, -0.05) is 17.2 Å². The van der Waals surface area contributed by atoms with Crippen molar-refractivity contribution in [2.45, 2.75) is 31.2 Å². The number of fused-ring (bicyclic) bond motifs is 1. The van der Waals surface area contributed by atoms with Gasteiger partial charge in [0.25, 0.3) is 0 Å². The Morgan fingerprint density at radius 3 is 2.86 bits per heavy atom. The van der Waals surface area contributed by atoms with Gasteiger partial charge in [-0.05, 0) is 42.5 Å². The highest BCUT2D eigenvalue weighted by Gasteiger charge is 2.27. The lowest BCUT2D eigenvalue weighted by Crippen LogP contribution is -2.51. The van der Waals surface area contributed by atoms with Gasteiger partial charge in [0, 0.05) is 36.3 Å². The first-order valence-electron chi connectivity index (χ1n) is 9.80. The van der Waals surface area contributed by atoms with E-state index in [0.717, 1.165) is 42.0 Å². The second kappa shape index (κ2) is 6.24. The molecule has 0 amide bonds. The summed E-state index contributed by atoms with van der Waals surface area (Å²) in [5.41, 5.74) is 6.59. The van der Waals surface area contributed by atoms with Crippen molar-refractivity contribution in [2.75, 3.05) is 18.4 Å². The molecule has 1 saturated carbocycles. The van der Waals surface area contributed by atoms with Crippen molar-refractivity contribution in [3.63, 3.8) is 0 Å². The Hall–Kier alpha value is -3.06. The fourth-order valence-corrected chi connectivity index (χ4v) is 3.75. The van der Waals surface area contributed by atoms with Crippen molar-refractivity contribution in [1.29, 1.82) is 0 Å². The van der Waals surface area contributed by atoms with E-state index in [1.807, 2.05) is 18.5 Å². The minimum Gasteiger partial charge on any atom is -0.403 e. The molecule has 140 valence electrons. The molecule has 1 saturated heterocycles. The number of anilines is 1. The highest BCUT2D eigenvalue weighted by molar-refractivity contribution is 5.84. The number of benzene rings is 1. The number of nitrogens with zero attached hydrogens (tertiary/aromatic N) is 4. The third-order valence-electron chi connectivity index (χ3n) is 5.63. The van der Waals surface area contributed by atoms with Gasteiger partial charge in [0.15, 0.2) is 0 Å². The summed E-state index contributed by atoms with van der Waals surface area (Å²) in [5, 5.41) is 14.8. The number of rotatable bonds is 5. The summed E-state index contributed by atoms with van der Waals surface area (Å²) in [4.78, 5) is 9.30. The fraction of sp³-hybridized carbons (Fsp3) is 0.333. The molecule has 2 aromatic heterocycles. The summed E-state index contributed by atoms with van der Waals surface area (Å²) in [6, 6.07) is 7.15. The molecule has 0 unspecified atom stereocenters. The topological polar surface area (TPSA) is 88.8 Å². The fourth-order valence-electron chi connectivity index (χ4n) is 3.75. The first-order valence-corrected chi connectivity index (χ1v) is 9.80. The maximum atomic E-state index is 5.83. The molecule has 6 rings (SSSR count). The number of nitrogens with one attached hydrogen (secondary N) is 2. The van der Waals surface area contributed by atoms with E-state index in [1.165, 1.54) is 24.0 Å². The van der Waals surface area contributed by atoms with E-state index in [9.17, 15) is 0 Å². The van der Waals surface area contributed by atoms with E-state index in [-0.39, 0.29) is 0 Å². The first-order chi connectivity index (χ1) is 13.8. The third kappa shape index (κ3) is 2.79. The Morgan fingerprint density at radius 2 is 2.04 bits per heavy atom. The van der Waals surface area contributed by atoms with Gasteiger partial charge in [0.05, 0.1) is 23.6 Å². The summed E-state index contributed by atoms with van der Waals surface area (Å²) >= 11 is 0. The van der Waals surface area contributed by atoms with Gasteiger partial charge in [-0.15, -0.1) is 5.10 Å². The van der Waals surface area contributed by atoms with Crippen LogP contribution in [0.1, 0.15) is 41.3 Å². The van der Waals surface area contributed by atoms with Crippen LogP contribution in [-0.2, 0) is 6.42 Å². The molecule has 0 atom stereocenters. The predicted molar refractivity (Wildman–Crippen MR) is 105 cm³/mol. The number of aromatic nitrogens is 4. The molecule has 7 heteroatoms. The predicted octanol–water partition coefficient (Wildman–Crippen LogP) is 2.78. The van der Waals surface area contributed by atoms with Gasteiger partial charge in [-0.2, -0.15) is 0 Å². The van der Waals surface area contributed by atoms with Crippen molar-refractivity contribution < 1.29 is 4.42 Å². The van der Waals surface area contributed by atoms with E-state index in [2.05, 4.69) is 44.0 Å². The van der Waals surface area contributed by atoms with Gasteiger partial charge in [-0.3, -0.25) is 4.98 Å². The molecular weight excluding hydrogens is 352 g/mol. The van der Waals surface area contributed by atoms with E-state index >= 15 is 0 Å². The van der Waals surface area contributed by atoms with Crippen LogP contribution in [0.5, 0.6) is 0 Å². The van der Waals surface area contributed by atoms with Crippen LogP contribution in [0.25, 0.3) is 17.0 Å². The summed E-state index contributed by atoms with van der Waals surface area (Å²) in [6.07, 6.45) is 9.36. The van der Waals surface area contributed by atoms with Crippen molar-refractivity contribution >= 4 is 11.6 Å². The largest absolute Gasteiger partial charge is 0.403 e. The minimum atomic E-state index is 0.361. The quantitative estimate of drug-likeness (QED) is 0.712. The second-order valence-corrected chi connectivity index (χ2v) is 7.71. The molecule has 0 radical (unpaired) electrons. The maximum absolute atomic E-state index is 5.83. The zero-order valence-electron chi connectivity index (χ0n) is 15.4. The van der Waals surface area contributed by atoms with E-state index < -0.39 is 0 Å². The third-order valence-corrected chi connectivity index (χ3v) is 5.63. The number of allylic oxidation sites excluding steroid dienone is 1. The van der Waals surface area contributed by atoms with Crippen molar-refractivity contribution in [1.82, 2.24) is 25.5 Å². The molecule has 1 aliphatic heterocycles. The molecule has 3 aliphatic rings. The molecule has 28 heavy (non-hydrogen) atoms. The van der Waals surface area contributed by atoms with Crippen LogP contribution in [0.4, 0.5) is 6.01 Å². The van der Waals surface area contributed by atoms with Gasteiger partial charge in [-0.25, -0.2) is 4.98 Å². The SMILES string of the molecule is C1=C(c2cncc(C3CC3)n2)c2cc(-c3nnc(NC4CNC4)o3)ccc2C1. The highest BCUT2D eigenvalue weighted by Crippen LogP contribution is 2.40. The zero-order valence-corrected chi connectivity index (χ0v) is 15.4. The molecule has 2 aliphatic carbocycles. The Morgan fingerprint density at radius 1 is 1.11 bits per heavy atom. The first kappa shape index (κ1) is 15.9. The van der Waals surface area contributed by atoms with Crippen LogP contribution < -0.4 is 10.6 Å². The summed E-state index contributed by atoms with van der Waals surface area (Å²) in [5.74, 6) is 1.12. The molecule has 7 nitrogen and oxygen atoms in total. The molecule has 3 heterocycles. The lowest BCUT2D eigenvalue weighted by atomic mass is 10.0. The molecule has 2 N–H and O–H groups in total. The van der Waals surface area contributed by atoms with E-state index in [1.54, 1.807) is 0 Å². The summed E-state index contributed by atoms with van der Waals surface area (Å²) in [6.45, 7) is 1.84. The van der Waals surface area contributed by atoms with Crippen LogP contribution in [0, 0.1) is 0 Å². The van der Waals surface area contributed by atoms with E-state index in [4.69, 9.17) is 9.40 Å². The van der Waals surface area contributed by atoms with Crippen molar-refractivity contribution in [2.24, 2.45) is 0 Å². The monoisotopic (exact) mass is 372 g/mol. The molecule has 1 aromatic carbocycles. The molecule has 0 spiro atoms. The molecule has 3 aromatic rings. The highest BCUT2D eigenvalue weighted by atomic mass is 16.4. The lowest BCUT2D eigenvalue weighted by molar-refractivity contribution is 0.454. The molecule has 0 bridgehead atoms. The Labute approximate surface area is 162 Å². The van der Waals surface area contributed by atoms with Crippen LogP contribution >= 0.6 is 0 Å². The minimum absolute atomic E-state index is 0.361. The van der Waals surface area contributed by atoms with Crippen LogP contribution in [-0.4, -0.2) is 39.3 Å². The smallest absolute Gasteiger partial charge is 0.316 e. The number of hydrogen-bond donors (Lipinski definition) is 2. The van der Waals surface area contributed by atoms with Crippen LogP contribution in [0.15, 0.2) is 41.1 Å². The van der Waals surface area contributed by atoms with Crippen molar-refractivity contribution in [3.8, 4) is 11.5 Å². The van der Waals surface area contributed by atoms with Crippen LogP contribution in [0.3, 0.4) is 0 Å². The Kier molecular flexibility index (Phi) is 3.55. The molecular formula is C21H20N6O. The van der Waals surface area contributed by atoms with Gasteiger partial charge in [0.1, 0.15) is 0 Å².